The van der Waals surface area contributed by atoms with Crippen LogP contribution in [0.1, 0.15) is 24.5 Å². The van der Waals surface area contributed by atoms with Crippen LogP contribution in [-0.2, 0) is 16.9 Å². The molecule has 0 aliphatic carbocycles. The third-order valence-electron chi connectivity index (χ3n) is 5.17. The fraction of sp³-hybridized carbons (Fsp3) is 0.190. The predicted octanol–water partition coefficient (Wildman–Crippen LogP) is 4.38. The molecule has 1 fully saturated rings. The number of carbonyl (C=O) groups is 2. The zero-order valence-corrected chi connectivity index (χ0v) is 15.8. The van der Waals surface area contributed by atoms with Crippen LogP contribution >= 0.6 is 11.6 Å². The zero-order valence-electron chi connectivity index (χ0n) is 15.1. The first-order valence-corrected chi connectivity index (χ1v) is 9.26. The molecule has 1 atom stereocenters. The van der Waals surface area contributed by atoms with Crippen LogP contribution in [-0.4, -0.2) is 21.8 Å². The summed E-state index contributed by atoms with van der Waals surface area (Å²) in [6.07, 6.45) is 1.99. The number of nitrogens with zero attached hydrogens (tertiary/aromatic N) is 2. The Labute approximate surface area is 166 Å². The Bertz CT molecular complexity index is 1090. The standard InChI is InChI=1S/C21H17ClFN3O2/c1-2-21(14-6-8-15(23)9-7-14)19(27)26(20(28)25-21)12-13-5-10-17(22)16-4-3-11-24-18(13)16/h3-11H,2,12H2,1H3,(H,25,28). The van der Waals surface area contributed by atoms with Crippen LogP contribution < -0.4 is 5.32 Å². The quantitative estimate of drug-likeness (QED) is 0.664. The van der Waals surface area contributed by atoms with E-state index in [0.717, 1.165) is 10.9 Å². The molecule has 3 aromatic rings. The maximum Gasteiger partial charge on any atom is 0.325 e. The van der Waals surface area contributed by atoms with Gasteiger partial charge in [-0.15, -0.1) is 0 Å². The first kappa shape index (κ1) is 18.4. The lowest BCUT2D eigenvalue weighted by atomic mass is 9.87. The summed E-state index contributed by atoms with van der Waals surface area (Å²) in [6.45, 7) is 1.88. The number of hydrogen-bond acceptors (Lipinski definition) is 3. The third kappa shape index (κ3) is 2.81. The molecule has 7 heteroatoms. The summed E-state index contributed by atoms with van der Waals surface area (Å²) in [5.74, 6) is -0.770. The Morgan fingerprint density at radius 1 is 1.14 bits per heavy atom. The van der Waals surface area contributed by atoms with Gasteiger partial charge < -0.3 is 5.32 Å². The van der Waals surface area contributed by atoms with Crippen LogP contribution in [0.25, 0.3) is 10.9 Å². The highest BCUT2D eigenvalue weighted by Crippen LogP contribution is 2.34. The van der Waals surface area contributed by atoms with E-state index in [4.69, 9.17) is 11.6 Å². The van der Waals surface area contributed by atoms with Crippen LogP contribution in [0.4, 0.5) is 9.18 Å². The Hall–Kier alpha value is -2.99. The second-order valence-electron chi connectivity index (χ2n) is 6.69. The molecule has 0 saturated carbocycles. The van der Waals surface area contributed by atoms with Crippen molar-refractivity contribution >= 4 is 34.4 Å². The summed E-state index contributed by atoms with van der Waals surface area (Å²) in [5, 5.41) is 4.11. The van der Waals surface area contributed by atoms with E-state index >= 15 is 0 Å². The molecule has 0 radical (unpaired) electrons. The van der Waals surface area contributed by atoms with Crippen molar-refractivity contribution in [3.8, 4) is 0 Å². The monoisotopic (exact) mass is 397 g/mol. The number of halogens is 2. The molecule has 3 amide bonds. The van der Waals surface area contributed by atoms with Crippen molar-refractivity contribution in [2.75, 3.05) is 0 Å². The van der Waals surface area contributed by atoms with Gasteiger partial charge in [0.05, 0.1) is 12.1 Å². The topological polar surface area (TPSA) is 62.3 Å². The minimum absolute atomic E-state index is 0.0678. The maximum atomic E-state index is 13.3. The predicted molar refractivity (Wildman–Crippen MR) is 104 cm³/mol. The Morgan fingerprint density at radius 2 is 1.89 bits per heavy atom. The molecule has 4 rings (SSSR count). The summed E-state index contributed by atoms with van der Waals surface area (Å²) >= 11 is 6.23. The summed E-state index contributed by atoms with van der Waals surface area (Å²) in [7, 11) is 0. The van der Waals surface area contributed by atoms with Gasteiger partial charge in [0, 0.05) is 16.6 Å². The second-order valence-corrected chi connectivity index (χ2v) is 7.10. The van der Waals surface area contributed by atoms with Crippen molar-refractivity contribution in [1.29, 1.82) is 0 Å². The number of imide groups is 1. The average molecular weight is 398 g/mol. The number of amides is 3. The van der Waals surface area contributed by atoms with Crippen molar-refractivity contribution in [2.45, 2.75) is 25.4 Å². The van der Waals surface area contributed by atoms with Crippen molar-refractivity contribution in [2.24, 2.45) is 0 Å². The molecule has 0 bridgehead atoms. The van der Waals surface area contributed by atoms with E-state index in [1.54, 1.807) is 24.4 Å². The summed E-state index contributed by atoms with van der Waals surface area (Å²) in [4.78, 5) is 31.5. The first-order chi connectivity index (χ1) is 13.5. The van der Waals surface area contributed by atoms with Gasteiger partial charge in [-0.1, -0.05) is 36.7 Å². The second kappa shape index (κ2) is 6.87. The van der Waals surface area contributed by atoms with Crippen LogP contribution in [0.2, 0.25) is 5.02 Å². The van der Waals surface area contributed by atoms with Gasteiger partial charge in [0.25, 0.3) is 5.91 Å². The third-order valence-corrected chi connectivity index (χ3v) is 5.50. The molecule has 1 saturated heterocycles. The fourth-order valence-corrected chi connectivity index (χ4v) is 3.85. The number of carbonyl (C=O) groups excluding carboxylic acids is 2. The van der Waals surface area contributed by atoms with Gasteiger partial charge >= 0.3 is 6.03 Å². The molecular weight excluding hydrogens is 381 g/mol. The fourth-order valence-electron chi connectivity index (χ4n) is 3.64. The van der Waals surface area contributed by atoms with E-state index < -0.39 is 17.4 Å². The number of nitrogens with one attached hydrogen (secondary N) is 1. The molecule has 2 aromatic carbocycles. The highest BCUT2D eigenvalue weighted by molar-refractivity contribution is 6.35. The lowest BCUT2D eigenvalue weighted by Crippen LogP contribution is -2.43. The van der Waals surface area contributed by atoms with Gasteiger partial charge in [0.2, 0.25) is 0 Å². The largest absolute Gasteiger partial charge is 0.325 e. The molecular formula is C21H17ClFN3O2. The Kier molecular flexibility index (Phi) is 4.51. The highest BCUT2D eigenvalue weighted by atomic mass is 35.5. The molecule has 0 spiro atoms. The van der Waals surface area contributed by atoms with Gasteiger partial charge in [-0.05, 0) is 47.9 Å². The van der Waals surface area contributed by atoms with Gasteiger partial charge in [0.1, 0.15) is 11.4 Å². The number of benzene rings is 2. The van der Waals surface area contributed by atoms with E-state index in [-0.39, 0.29) is 12.5 Å². The van der Waals surface area contributed by atoms with Crippen LogP contribution in [0.5, 0.6) is 0 Å². The number of aromatic nitrogens is 1. The van der Waals surface area contributed by atoms with Crippen molar-refractivity contribution in [1.82, 2.24) is 15.2 Å². The van der Waals surface area contributed by atoms with Crippen LogP contribution in [0.3, 0.4) is 0 Å². The van der Waals surface area contributed by atoms with Gasteiger partial charge in [-0.3, -0.25) is 14.7 Å². The van der Waals surface area contributed by atoms with Crippen molar-refractivity contribution in [3.05, 3.63) is 76.7 Å². The Balaban J connectivity index is 1.72. The molecule has 2 heterocycles. The van der Waals surface area contributed by atoms with E-state index in [0.29, 0.717) is 22.5 Å². The summed E-state index contributed by atoms with van der Waals surface area (Å²) < 4.78 is 13.3. The van der Waals surface area contributed by atoms with E-state index in [1.807, 2.05) is 13.0 Å². The molecule has 1 unspecified atom stereocenters. The van der Waals surface area contributed by atoms with Gasteiger partial charge in [0.15, 0.2) is 0 Å². The number of hydrogen-bond donors (Lipinski definition) is 1. The van der Waals surface area contributed by atoms with E-state index in [2.05, 4.69) is 10.3 Å². The normalized spacial score (nSPS) is 19.3. The average Bonchev–Trinajstić information content (AvgIpc) is 2.95. The van der Waals surface area contributed by atoms with E-state index in [9.17, 15) is 14.0 Å². The molecule has 142 valence electrons. The summed E-state index contributed by atoms with van der Waals surface area (Å²) in [5.41, 5.74) is 0.706. The van der Waals surface area contributed by atoms with Crippen LogP contribution in [0, 0.1) is 5.82 Å². The number of urea groups is 1. The minimum atomic E-state index is -1.21. The molecule has 1 aliphatic rings. The lowest BCUT2D eigenvalue weighted by Gasteiger charge is -2.26. The van der Waals surface area contributed by atoms with Crippen LogP contribution in [0.15, 0.2) is 54.7 Å². The number of pyridine rings is 1. The Morgan fingerprint density at radius 3 is 2.61 bits per heavy atom. The smallest absolute Gasteiger partial charge is 0.319 e. The van der Waals surface area contributed by atoms with E-state index in [1.165, 1.54) is 29.2 Å². The summed E-state index contributed by atoms with van der Waals surface area (Å²) in [6, 6.07) is 12.2. The molecule has 1 aliphatic heterocycles. The first-order valence-electron chi connectivity index (χ1n) is 8.88. The molecule has 1 aromatic heterocycles. The SMILES string of the molecule is CCC1(c2ccc(F)cc2)NC(=O)N(Cc2ccc(Cl)c3cccnc23)C1=O. The molecule has 28 heavy (non-hydrogen) atoms. The van der Waals surface area contributed by atoms with Crippen molar-refractivity contribution in [3.63, 3.8) is 0 Å². The zero-order chi connectivity index (χ0) is 19.9. The molecule has 5 nitrogen and oxygen atoms in total. The van der Waals surface area contributed by atoms with Gasteiger partial charge in [-0.2, -0.15) is 0 Å². The molecule has 1 N–H and O–H groups in total. The number of fused-ring (bicyclic) bond motifs is 1. The number of rotatable bonds is 4. The minimum Gasteiger partial charge on any atom is -0.319 e. The van der Waals surface area contributed by atoms with Crippen molar-refractivity contribution < 1.29 is 14.0 Å². The lowest BCUT2D eigenvalue weighted by molar-refractivity contribution is -0.132. The van der Waals surface area contributed by atoms with Gasteiger partial charge in [-0.25, -0.2) is 9.18 Å². The maximum absolute atomic E-state index is 13.3. The highest BCUT2D eigenvalue weighted by Gasteiger charge is 2.51.